The van der Waals surface area contributed by atoms with Gasteiger partial charge in [0.1, 0.15) is 18.1 Å². The number of aliphatic carboxylic acids is 1. The molecule has 4 unspecified atom stereocenters. The summed E-state index contributed by atoms with van der Waals surface area (Å²) in [6, 6.07) is -4.30. The van der Waals surface area contributed by atoms with Crippen molar-refractivity contribution in [2.75, 3.05) is 5.75 Å². The second-order valence-electron chi connectivity index (χ2n) is 8.04. The van der Waals surface area contributed by atoms with Gasteiger partial charge in [-0.1, -0.05) is 13.8 Å². The first-order valence-electron chi connectivity index (χ1n) is 10.6. The third-order valence-corrected chi connectivity index (χ3v) is 5.35. The second kappa shape index (κ2) is 12.7. The van der Waals surface area contributed by atoms with Gasteiger partial charge in [-0.2, -0.15) is 12.6 Å². The molecule has 4 atom stereocenters. The van der Waals surface area contributed by atoms with Crippen LogP contribution in [0.15, 0.2) is 25.0 Å². The zero-order chi connectivity index (χ0) is 25.3. The van der Waals surface area contributed by atoms with Crippen molar-refractivity contribution in [1.29, 1.82) is 0 Å². The van der Waals surface area contributed by atoms with Crippen LogP contribution in [0.2, 0.25) is 0 Å². The average Bonchev–Trinajstić information content (AvgIpc) is 3.48. The number of aromatic amines is 2. The van der Waals surface area contributed by atoms with Crippen molar-refractivity contribution in [1.82, 2.24) is 35.9 Å². The molecule has 0 aliphatic rings. The van der Waals surface area contributed by atoms with E-state index in [4.69, 9.17) is 5.73 Å². The van der Waals surface area contributed by atoms with Crippen LogP contribution < -0.4 is 21.7 Å². The molecule has 2 aromatic rings. The topological polar surface area (TPSA) is 208 Å². The average molecular weight is 495 g/mol. The molecule has 2 heterocycles. The molecule has 0 fully saturated rings. The number of rotatable bonds is 13. The van der Waals surface area contributed by atoms with E-state index in [1.165, 1.54) is 25.0 Å². The summed E-state index contributed by atoms with van der Waals surface area (Å²) >= 11 is 4.13. The monoisotopic (exact) mass is 494 g/mol. The molecule has 14 heteroatoms. The maximum atomic E-state index is 12.9. The Morgan fingerprint density at radius 2 is 1.47 bits per heavy atom. The zero-order valence-corrected chi connectivity index (χ0v) is 19.7. The first-order valence-corrected chi connectivity index (χ1v) is 11.2. The first-order chi connectivity index (χ1) is 16.1. The Morgan fingerprint density at radius 3 is 1.94 bits per heavy atom. The molecule has 0 spiro atoms. The fourth-order valence-electron chi connectivity index (χ4n) is 3.06. The molecular weight excluding hydrogens is 464 g/mol. The van der Waals surface area contributed by atoms with E-state index in [2.05, 4.69) is 48.5 Å². The molecule has 2 aromatic heterocycles. The molecule has 0 aromatic carbocycles. The number of aromatic nitrogens is 4. The van der Waals surface area contributed by atoms with E-state index in [-0.39, 0.29) is 24.5 Å². The van der Waals surface area contributed by atoms with Crippen LogP contribution in [0, 0.1) is 5.92 Å². The van der Waals surface area contributed by atoms with Crippen molar-refractivity contribution in [3.8, 4) is 0 Å². The quantitative estimate of drug-likeness (QED) is 0.151. The molecule has 0 bridgehead atoms. The van der Waals surface area contributed by atoms with Crippen LogP contribution in [0.1, 0.15) is 25.2 Å². The van der Waals surface area contributed by atoms with Gasteiger partial charge in [-0.3, -0.25) is 14.4 Å². The number of thiol groups is 1. The molecule has 2 rings (SSSR count). The first kappa shape index (κ1) is 26.9. The summed E-state index contributed by atoms with van der Waals surface area (Å²) in [5, 5.41) is 16.9. The molecule has 8 N–H and O–H groups in total. The van der Waals surface area contributed by atoms with Crippen molar-refractivity contribution in [3.05, 3.63) is 36.4 Å². The van der Waals surface area contributed by atoms with Gasteiger partial charge in [0, 0.05) is 42.4 Å². The summed E-state index contributed by atoms with van der Waals surface area (Å²) in [6.07, 6.45) is 6.10. The summed E-state index contributed by atoms with van der Waals surface area (Å²) in [6.45, 7) is 3.31. The largest absolute Gasteiger partial charge is 0.480 e. The van der Waals surface area contributed by atoms with Gasteiger partial charge in [0.15, 0.2) is 0 Å². The number of H-pyrrole nitrogens is 2. The Labute approximate surface area is 201 Å². The fraction of sp³-hybridized carbons (Fsp3) is 0.500. The predicted octanol–water partition coefficient (Wildman–Crippen LogP) is -1.63. The Hall–Kier alpha value is -3.39. The molecule has 0 radical (unpaired) electrons. The van der Waals surface area contributed by atoms with Crippen molar-refractivity contribution in [2.45, 2.75) is 50.9 Å². The number of carboxylic acid groups (broad SMARTS) is 1. The number of hydrogen-bond donors (Lipinski definition) is 8. The highest BCUT2D eigenvalue weighted by Gasteiger charge is 2.31. The van der Waals surface area contributed by atoms with Crippen LogP contribution in [0.5, 0.6) is 0 Å². The van der Waals surface area contributed by atoms with Crippen LogP contribution in [0.25, 0.3) is 0 Å². The van der Waals surface area contributed by atoms with Gasteiger partial charge >= 0.3 is 5.97 Å². The molecule has 13 nitrogen and oxygen atoms in total. The Morgan fingerprint density at radius 1 is 0.941 bits per heavy atom. The van der Waals surface area contributed by atoms with Crippen LogP contribution in [-0.4, -0.2) is 78.7 Å². The van der Waals surface area contributed by atoms with Crippen LogP contribution in [-0.2, 0) is 32.0 Å². The smallest absolute Gasteiger partial charge is 0.326 e. The zero-order valence-electron chi connectivity index (χ0n) is 18.8. The highest BCUT2D eigenvalue weighted by molar-refractivity contribution is 7.80. The van der Waals surface area contributed by atoms with Gasteiger partial charge < -0.3 is 36.8 Å². The minimum absolute atomic E-state index is 0.0224. The van der Waals surface area contributed by atoms with Crippen LogP contribution in [0.4, 0.5) is 0 Å². The van der Waals surface area contributed by atoms with Gasteiger partial charge in [-0.05, 0) is 5.92 Å². The SMILES string of the molecule is CC(C)C(NC(=O)C(Cc1cnc[nH]1)NC(=O)C(CS)NC(=O)C(N)Cc1cnc[nH]1)C(=O)O. The highest BCUT2D eigenvalue weighted by Crippen LogP contribution is 2.06. The number of carbonyl (C=O) groups is 4. The summed E-state index contributed by atoms with van der Waals surface area (Å²) in [5.41, 5.74) is 7.12. The molecule has 34 heavy (non-hydrogen) atoms. The Bertz CT molecular complexity index is 950. The molecule has 186 valence electrons. The summed E-state index contributed by atoms with van der Waals surface area (Å²) in [7, 11) is 0. The minimum atomic E-state index is -1.19. The Balaban J connectivity index is 2.08. The van der Waals surface area contributed by atoms with E-state index in [0.717, 1.165) is 0 Å². The molecule has 0 saturated heterocycles. The van der Waals surface area contributed by atoms with Crippen molar-refractivity contribution < 1.29 is 24.3 Å². The van der Waals surface area contributed by atoms with Crippen LogP contribution in [0.3, 0.4) is 0 Å². The van der Waals surface area contributed by atoms with Gasteiger partial charge in [0.05, 0.1) is 18.7 Å². The number of nitrogens with zero attached hydrogens (tertiary/aromatic N) is 2. The van der Waals surface area contributed by atoms with E-state index in [1.54, 1.807) is 13.8 Å². The van der Waals surface area contributed by atoms with Crippen molar-refractivity contribution >= 4 is 36.3 Å². The minimum Gasteiger partial charge on any atom is -0.480 e. The number of amides is 3. The highest BCUT2D eigenvalue weighted by atomic mass is 32.1. The lowest BCUT2D eigenvalue weighted by Crippen LogP contribution is -2.58. The lowest BCUT2D eigenvalue weighted by atomic mass is 10.0. The Kier molecular flexibility index (Phi) is 10.1. The van der Waals surface area contributed by atoms with E-state index in [0.29, 0.717) is 11.4 Å². The summed E-state index contributed by atoms with van der Waals surface area (Å²) in [4.78, 5) is 63.2. The van der Waals surface area contributed by atoms with Crippen LogP contribution >= 0.6 is 12.6 Å². The van der Waals surface area contributed by atoms with Crippen molar-refractivity contribution in [2.24, 2.45) is 11.7 Å². The lowest BCUT2D eigenvalue weighted by molar-refractivity contribution is -0.143. The standard InChI is InChI=1S/C20H30N8O5S/c1-10(2)16(20(32)33)28-18(30)14(4-12-6-23-9-25-12)26-19(31)15(7-34)27-17(29)13(21)3-11-5-22-8-24-11/h5-6,8-10,13-16,34H,3-4,7,21H2,1-2H3,(H,22,24)(H,23,25)(H,26,31)(H,27,29)(H,28,30)(H,32,33). The molecule has 0 aliphatic heterocycles. The second-order valence-corrected chi connectivity index (χ2v) is 8.41. The fourth-order valence-corrected chi connectivity index (χ4v) is 3.32. The maximum Gasteiger partial charge on any atom is 0.326 e. The number of hydrogen-bond acceptors (Lipinski definition) is 8. The third-order valence-electron chi connectivity index (χ3n) is 4.99. The summed E-state index contributed by atoms with van der Waals surface area (Å²) < 4.78 is 0. The van der Waals surface area contributed by atoms with E-state index >= 15 is 0 Å². The predicted molar refractivity (Wildman–Crippen MR) is 125 cm³/mol. The third kappa shape index (κ3) is 7.88. The number of carboxylic acids is 1. The van der Waals surface area contributed by atoms with Gasteiger partial charge in [0.25, 0.3) is 0 Å². The van der Waals surface area contributed by atoms with Crippen molar-refractivity contribution in [3.63, 3.8) is 0 Å². The number of nitrogens with one attached hydrogen (secondary N) is 5. The summed E-state index contributed by atoms with van der Waals surface area (Å²) in [5.74, 6) is -3.58. The normalized spacial score (nSPS) is 14.6. The van der Waals surface area contributed by atoms with Gasteiger partial charge in [0.2, 0.25) is 17.7 Å². The lowest BCUT2D eigenvalue weighted by Gasteiger charge is -2.25. The van der Waals surface area contributed by atoms with Gasteiger partial charge in [-0.15, -0.1) is 0 Å². The molecule has 0 saturated carbocycles. The maximum absolute atomic E-state index is 12.9. The van der Waals surface area contributed by atoms with E-state index in [9.17, 15) is 24.3 Å². The number of carbonyl (C=O) groups excluding carboxylic acids is 3. The van der Waals surface area contributed by atoms with E-state index < -0.39 is 47.9 Å². The number of imidazole rings is 2. The number of nitrogens with two attached hydrogens (primary N) is 1. The van der Waals surface area contributed by atoms with Gasteiger partial charge in [-0.25, -0.2) is 14.8 Å². The molecule has 0 aliphatic carbocycles. The van der Waals surface area contributed by atoms with E-state index in [1.807, 2.05) is 0 Å². The molecular formula is C20H30N8O5S. The molecule has 3 amide bonds.